The third-order valence-electron chi connectivity index (χ3n) is 5.92. The molecule has 0 saturated carbocycles. The first kappa shape index (κ1) is 23.4. The quantitative estimate of drug-likeness (QED) is 0.443. The average Bonchev–Trinajstić information content (AvgIpc) is 3.37. The van der Waals surface area contributed by atoms with Crippen LogP contribution in [0.4, 0.5) is 0 Å². The molecule has 2 heterocycles. The standard InChI is InChI=1S/C27H30N2O5/c1-4-33-26-15-20(9-12-24(26)34-18-19-7-5-13-28-17-19)27(30)29-14-6-8-23(29)22-11-10-21(31-2)16-25(22)32-3/h5,7,9-13,15-17,23H,4,6,8,14,18H2,1-3H3. The van der Waals surface area contributed by atoms with Crippen LogP contribution in [0.15, 0.2) is 60.9 Å². The van der Waals surface area contributed by atoms with Crippen molar-refractivity contribution in [2.75, 3.05) is 27.4 Å². The van der Waals surface area contributed by atoms with Crippen LogP contribution < -0.4 is 18.9 Å². The molecule has 3 aromatic rings. The minimum atomic E-state index is -0.0644. The molecule has 1 aromatic heterocycles. The van der Waals surface area contributed by atoms with Crippen molar-refractivity contribution in [3.63, 3.8) is 0 Å². The fourth-order valence-electron chi connectivity index (χ4n) is 4.27. The largest absolute Gasteiger partial charge is 0.497 e. The summed E-state index contributed by atoms with van der Waals surface area (Å²) in [5.74, 6) is 2.55. The minimum Gasteiger partial charge on any atom is -0.497 e. The van der Waals surface area contributed by atoms with Crippen molar-refractivity contribution in [3.05, 3.63) is 77.6 Å². The van der Waals surface area contributed by atoms with Crippen LogP contribution in [0.5, 0.6) is 23.0 Å². The molecule has 2 aromatic carbocycles. The van der Waals surface area contributed by atoms with E-state index >= 15 is 0 Å². The number of aromatic nitrogens is 1. The van der Waals surface area contributed by atoms with E-state index in [0.717, 1.165) is 35.5 Å². The van der Waals surface area contributed by atoms with Crippen molar-refractivity contribution < 1.29 is 23.7 Å². The summed E-state index contributed by atoms with van der Waals surface area (Å²) in [5.41, 5.74) is 2.51. The van der Waals surface area contributed by atoms with Gasteiger partial charge in [0.25, 0.3) is 5.91 Å². The number of ether oxygens (including phenoxy) is 4. The van der Waals surface area contributed by atoms with Crippen LogP contribution >= 0.6 is 0 Å². The Bertz CT molecular complexity index is 1120. The van der Waals surface area contributed by atoms with E-state index in [1.54, 1.807) is 44.8 Å². The van der Waals surface area contributed by atoms with E-state index in [-0.39, 0.29) is 11.9 Å². The summed E-state index contributed by atoms with van der Waals surface area (Å²) in [4.78, 5) is 19.6. The summed E-state index contributed by atoms with van der Waals surface area (Å²) >= 11 is 0. The first-order valence-corrected chi connectivity index (χ1v) is 11.5. The zero-order valence-electron chi connectivity index (χ0n) is 19.8. The van der Waals surface area contributed by atoms with E-state index in [2.05, 4.69) is 4.98 Å². The topological polar surface area (TPSA) is 70.1 Å². The highest BCUT2D eigenvalue weighted by atomic mass is 16.5. The number of methoxy groups -OCH3 is 2. The Morgan fingerprint density at radius 1 is 1.03 bits per heavy atom. The van der Waals surface area contributed by atoms with Crippen LogP contribution in [-0.2, 0) is 6.61 Å². The zero-order valence-corrected chi connectivity index (χ0v) is 19.8. The van der Waals surface area contributed by atoms with Crippen LogP contribution in [0.1, 0.15) is 47.3 Å². The van der Waals surface area contributed by atoms with Crippen molar-refractivity contribution >= 4 is 5.91 Å². The van der Waals surface area contributed by atoms with Gasteiger partial charge in [0.15, 0.2) is 11.5 Å². The molecule has 1 aliphatic heterocycles. The number of rotatable bonds is 9. The second kappa shape index (κ2) is 10.9. The van der Waals surface area contributed by atoms with Gasteiger partial charge in [-0.05, 0) is 56.2 Å². The Kier molecular flexibility index (Phi) is 7.52. The third-order valence-corrected chi connectivity index (χ3v) is 5.92. The molecule has 1 unspecified atom stereocenters. The van der Waals surface area contributed by atoms with Crippen LogP contribution in [0, 0.1) is 0 Å². The van der Waals surface area contributed by atoms with Crippen molar-refractivity contribution in [3.8, 4) is 23.0 Å². The van der Waals surface area contributed by atoms with Gasteiger partial charge in [0, 0.05) is 41.7 Å². The van der Waals surface area contributed by atoms with Gasteiger partial charge in [0.1, 0.15) is 18.1 Å². The molecule has 0 N–H and O–H groups in total. The van der Waals surface area contributed by atoms with Crippen LogP contribution in [0.3, 0.4) is 0 Å². The van der Waals surface area contributed by atoms with E-state index in [4.69, 9.17) is 18.9 Å². The van der Waals surface area contributed by atoms with Gasteiger partial charge in [0.2, 0.25) is 0 Å². The Labute approximate surface area is 200 Å². The number of hydrogen-bond donors (Lipinski definition) is 0. The van der Waals surface area contributed by atoms with Gasteiger partial charge >= 0.3 is 0 Å². The van der Waals surface area contributed by atoms with Crippen LogP contribution in [0.25, 0.3) is 0 Å². The Morgan fingerprint density at radius 3 is 2.65 bits per heavy atom. The Balaban J connectivity index is 1.56. The summed E-state index contributed by atoms with van der Waals surface area (Å²) in [7, 11) is 3.26. The predicted octanol–water partition coefficient (Wildman–Crippen LogP) is 5.05. The average molecular weight is 463 g/mol. The number of carbonyl (C=O) groups is 1. The normalized spacial score (nSPS) is 15.1. The van der Waals surface area contributed by atoms with E-state index in [1.807, 2.05) is 42.2 Å². The Morgan fingerprint density at radius 2 is 1.91 bits per heavy atom. The first-order valence-electron chi connectivity index (χ1n) is 11.5. The third kappa shape index (κ3) is 5.09. The summed E-state index contributed by atoms with van der Waals surface area (Å²) in [6.45, 7) is 3.43. The summed E-state index contributed by atoms with van der Waals surface area (Å²) in [6.07, 6.45) is 5.29. The molecule has 0 radical (unpaired) electrons. The number of hydrogen-bond acceptors (Lipinski definition) is 6. The second-order valence-corrected chi connectivity index (χ2v) is 8.01. The highest BCUT2D eigenvalue weighted by molar-refractivity contribution is 5.95. The van der Waals surface area contributed by atoms with E-state index in [1.165, 1.54) is 0 Å². The lowest BCUT2D eigenvalue weighted by molar-refractivity contribution is 0.0733. The molecule has 7 nitrogen and oxygen atoms in total. The number of nitrogens with zero attached hydrogens (tertiary/aromatic N) is 2. The van der Waals surface area contributed by atoms with Crippen molar-refractivity contribution in [2.45, 2.75) is 32.4 Å². The fraction of sp³-hybridized carbons (Fsp3) is 0.333. The van der Waals surface area contributed by atoms with Gasteiger partial charge in [-0.15, -0.1) is 0 Å². The maximum absolute atomic E-state index is 13.6. The highest BCUT2D eigenvalue weighted by Crippen LogP contribution is 2.40. The number of amides is 1. The number of carbonyl (C=O) groups excluding carboxylic acids is 1. The van der Waals surface area contributed by atoms with Crippen molar-refractivity contribution in [2.24, 2.45) is 0 Å². The van der Waals surface area contributed by atoms with Gasteiger partial charge in [0.05, 0.1) is 26.9 Å². The summed E-state index contributed by atoms with van der Waals surface area (Å²) in [6, 6.07) is 14.9. The van der Waals surface area contributed by atoms with Gasteiger partial charge < -0.3 is 23.8 Å². The Hall–Kier alpha value is -3.74. The minimum absolute atomic E-state index is 0.0415. The van der Waals surface area contributed by atoms with Crippen molar-refractivity contribution in [1.29, 1.82) is 0 Å². The molecule has 178 valence electrons. The van der Waals surface area contributed by atoms with Crippen LogP contribution in [-0.4, -0.2) is 43.2 Å². The number of benzene rings is 2. The lowest BCUT2D eigenvalue weighted by atomic mass is 10.0. The molecule has 0 aliphatic carbocycles. The zero-order chi connectivity index (χ0) is 23.9. The molecule has 1 fully saturated rings. The first-order chi connectivity index (χ1) is 16.6. The van der Waals surface area contributed by atoms with Gasteiger partial charge in [-0.2, -0.15) is 0 Å². The molecule has 4 rings (SSSR count). The van der Waals surface area contributed by atoms with E-state index < -0.39 is 0 Å². The molecular weight excluding hydrogens is 432 g/mol. The number of pyridine rings is 1. The molecule has 1 saturated heterocycles. The lowest BCUT2D eigenvalue weighted by Gasteiger charge is -2.27. The fourth-order valence-corrected chi connectivity index (χ4v) is 4.27. The molecule has 0 bridgehead atoms. The molecule has 7 heteroatoms. The maximum Gasteiger partial charge on any atom is 0.254 e. The molecule has 34 heavy (non-hydrogen) atoms. The van der Waals surface area contributed by atoms with Crippen LogP contribution in [0.2, 0.25) is 0 Å². The maximum atomic E-state index is 13.6. The molecule has 1 aliphatic rings. The summed E-state index contributed by atoms with van der Waals surface area (Å²) < 4.78 is 22.7. The second-order valence-electron chi connectivity index (χ2n) is 8.01. The van der Waals surface area contributed by atoms with Gasteiger partial charge in [-0.3, -0.25) is 9.78 Å². The monoisotopic (exact) mass is 462 g/mol. The summed E-state index contributed by atoms with van der Waals surface area (Å²) in [5, 5.41) is 0. The molecule has 1 atom stereocenters. The SMILES string of the molecule is CCOc1cc(C(=O)N2CCCC2c2ccc(OC)cc2OC)ccc1OCc1cccnc1. The smallest absolute Gasteiger partial charge is 0.254 e. The molecular formula is C27H30N2O5. The predicted molar refractivity (Wildman–Crippen MR) is 129 cm³/mol. The molecule has 1 amide bonds. The van der Waals surface area contributed by atoms with Gasteiger partial charge in [-0.25, -0.2) is 0 Å². The molecule has 0 spiro atoms. The number of likely N-dealkylation sites (tertiary alicyclic amines) is 1. The van der Waals surface area contributed by atoms with E-state index in [0.29, 0.717) is 36.8 Å². The van der Waals surface area contributed by atoms with Gasteiger partial charge in [-0.1, -0.05) is 6.07 Å². The van der Waals surface area contributed by atoms with Crippen molar-refractivity contribution in [1.82, 2.24) is 9.88 Å². The lowest BCUT2D eigenvalue weighted by Crippen LogP contribution is -2.30. The highest BCUT2D eigenvalue weighted by Gasteiger charge is 2.33. The van der Waals surface area contributed by atoms with E-state index in [9.17, 15) is 4.79 Å².